The first-order chi connectivity index (χ1) is 10.6. The van der Waals surface area contributed by atoms with Crippen molar-refractivity contribution in [2.75, 3.05) is 0 Å². The van der Waals surface area contributed by atoms with E-state index in [0.717, 1.165) is 16.7 Å². The standard InChI is InChI=1S/C11H15F.C9H10ClF/c1-7(2)10-5-8(3)11(12)9(4)6-10;1-6(2)7-3-4-9(11)8(10)5-7/h5-7H,1-4H3;3-6H,1-2H3. The molecule has 0 saturated carbocycles. The summed E-state index contributed by atoms with van der Waals surface area (Å²) in [5.74, 6) is 0.451. The molecule has 0 nitrogen and oxygen atoms in total. The number of hydrogen-bond acceptors (Lipinski definition) is 0. The highest BCUT2D eigenvalue weighted by Gasteiger charge is 2.06. The average Bonchev–Trinajstić information content (AvgIpc) is 2.47. The molecule has 0 aliphatic rings. The van der Waals surface area contributed by atoms with Gasteiger partial charge < -0.3 is 0 Å². The minimum atomic E-state index is -0.351. The van der Waals surface area contributed by atoms with Crippen molar-refractivity contribution in [3.8, 4) is 0 Å². The van der Waals surface area contributed by atoms with E-state index in [0.29, 0.717) is 11.8 Å². The average molecular weight is 339 g/mol. The van der Waals surface area contributed by atoms with Crippen molar-refractivity contribution in [1.29, 1.82) is 0 Å². The second-order valence-corrected chi connectivity index (χ2v) is 6.86. The van der Waals surface area contributed by atoms with E-state index in [9.17, 15) is 8.78 Å². The molecule has 0 fully saturated rings. The summed E-state index contributed by atoms with van der Waals surface area (Å²) in [6, 6.07) is 8.67. The van der Waals surface area contributed by atoms with Gasteiger partial charge in [0.05, 0.1) is 5.02 Å². The Hall–Kier alpha value is -1.41. The first-order valence-corrected chi connectivity index (χ1v) is 8.22. The fourth-order valence-corrected chi connectivity index (χ4v) is 2.37. The summed E-state index contributed by atoms with van der Waals surface area (Å²) in [6.07, 6.45) is 0. The molecule has 0 unspecified atom stereocenters. The number of benzene rings is 2. The van der Waals surface area contributed by atoms with E-state index in [1.54, 1.807) is 12.1 Å². The monoisotopic (exact) mass is 338 g/mol. The minimum Gasteiger partial charge on any atom is -0.206 e. The second kappa shape index (κ2) is 8.44. The number of hydrogen-bond donors (Lipinski definition) is 0. The summed E-state index contributed by atoms with van der Waals surface area (Å²) in [7, 11) is 0. The van der Waals surface area contributed by atoms with Gasteiger partial charge in [0.25, 0.3) is 0 Å². The Morgan fingerprint density at radius 3 is 1.65 bits per heavy atom. The lowest BCUT2D eigenvalue weighted by Gasteiger charge is -2.09. The molecule has 0 radical (unpaired) electrons. The number of aryl methyl sites for hydroxylation is 2. The Bertz CT molecular complexity index is 638. The van der Waals surface area contributed by atoms with Crippen molar-refractivity contribution in [3.05, 3.63) is 69.2 Å². The van der Waals surface area contributed by atoms with E-state index in [1.807, 2.05) is 39.8 Å². The first-order valence-electron chi connectivity index (χ1n) is 7.85. The van der Waals surface area contributed by atoms with E-state index in [-0.39, 0.29) is 16.7 Å². The van der Waals surface area contributed by atoms with Crippen LogP contribution in [-0.4, -0.2) is 0 Å². The van der Waals surface area contributed by atoms with Crippen molar-refractivity contribution in [2.45, 2.75) is 53.4 Å². The fourth-order valence-electron chi connectivity index (χ4n) is 2.18. The molecular weight excluding hydrogens is 314 g/mol. The molecule has 2 aromatic rings. The van der Waals surface area contributed by atoms with Crippen molar-refractivity contribution in [1.82, 2.24) is 0 Å². The molecule has 0 bridgehead atoms. The van der Waals surface area contributed by atoms with Gasteiger partial charge in [0.2, 0.25) is 0 Å². The van der Waals surface area contributed by atoms with Gasteiger partial charge in [-0.1, -0.05) is 57.5 Å². The van der Waals surface area contributed by atoms with Crippen LogP contribution in [0.15, 0.2) is 30.3 Å². The van der Waals surface area contributed by atoms with Crippen LogP contribution in [0.2, 0.25) is 5.02 Å². The largest absolute Gasteiger partial charge is 0.206 e. The van der Waals surface area contributed by atoms with Crippen LogP contribution in [0.1, 0.15) is 61.8 Å². The Labute approximate surface area is 143 Å². The molecule has 0 saturated heterocycles. The van der Waals surface area contributed by atoms with Crippen LogP contribution in [0, 0.1) is 25.5 Å². The van der Waals surface area contributed by atoms with E-state index >= 15 is 0 Å². The van der Waals surface area contributed by atoms with Crippen LogP contribution < -0.4 is 0 Å². The molecule has 0 aromatic heterocycles. The summed E-state index contributed by atoms with van der Waals surface area (Å²) in [4.78, 5) is 0. The van der Waals surface area contributed by atoms with Crippen LogP contribution in [0.3, 0.4) is 0 Å². The molecule has 0 aliphatic carbocycles. The molecule has 0 N–H and O–H groups in total. The van der Waals surface area contributed by atoms with Gasteiger partial charge >= 0.3 is 0 Å². The van der Waals surface area contributed by atoms with Gasteiger partial charge in [-0.3, -0.25) is 0 Å². The predicted molar refractivity (Wildman–Crippen MR) is 95.5 cm³/mol. The molecule has 0 spiro atoms. The van der Waals surface area contributed by atoms with Crippen LogP contribution in [-0.2, 0) is 0 Å². The normalized spacial score (nSPS) is 10.7. The molecule has 0 amide bonds. The van der Waals surface area contributed by atoms with E-state index < -0.39 is 0 Å². The van der Waals surface area contributed by atoms with Gasteiger partial charge in [0, 0.05) is 0 Å². The fraction of sp³-hybridized carbons (Fsp3) is 0.400. The van der Waals surface area contributed by atoms with Crippen LogP contribution in [0.5, 0.6) is 0 Å². The smallest absolute Gasteiger partial charge is 0.141 e. The molecule has 0 aliphatic heterocycles. The van der Waals surface area contributed by atoms with Gasteiger partial charge in [-0.05, 0) is 60.1 Å². The zero-order valence-corrected chi connectivity index (χ0v) is 15.4. The maximum Gasteiger partial charge on any atom is 0.141 e. The Morgan fingerprint density at radius 1 is 0.783 bits per heavy atom. The highest BCUT2D eigenvalue weighted by molar-refractivity contribution is 6.30. The summed E-state index contributed by atoms with van der Waals surface area (Å²) in [5.41, 5.74) is 3.78. The van der Waals surface area contributed by atoms with E-state index in [1.165, 1.54) is 11.6 Å². The van der Waals surface area contributed by atoms with E-state index in [4.69, 9.17) is 11.6 Å². The summed E-state index contributed by atoms with van der Waals surface area (Å²) >= 11 is 5.58. The lowest BCUT2D eigenvalue weighted by atomic mass is 9.98. The third-order valence-electron chi connectivity index (χ3n) is 3.74. The zero-order valence-electron chi connectivity index (χ0n) is 14.7. The Morgan fingerprint density at radius 2 is 1.26 bits per heavy atom. The van der Waals surface area contributed by atoms with Crippen molar-refractivity contribution in [2.24, 2.45) is 0 Å². The SMILES string of the molecule is CC(C)c1ccc(F)c(Cl)c1.Cc1cc(C(C)C)cc(C)c1F. The summed E-state index contributed by atoms with van der Waals surface area (Å²) in [6.45, 7) is 12.0. The molecule has 2 aromatic carbocycles. The molecule has 3 heteroatoms. The van der Waals surface area contributed by atoms with Gasteiger partial charge in [-0.25, -0.2) is 8.78 Å². The maximum atomic E-state index is 13.2. The van der Waals surface area contributed by atoms with Crippen molar-refractivity contribution >= 4 is 11.6 Å². The van der Waals surface area contributed by atoms with Crippen LogP contribution in [0.25, 0.3) is 0 Å². The molecule has 23 heavy (non-hydrogen) atoms. The third kappa shape index (κ3) is 5.62. The maximum absolute atomic E-state index is 13.2. The highest BCUT2D eigenvalue weighted by atomic mass is 35.5. The topological polar surface area (TPSA) is 0 Å². The lowest BCUT2D eigenvalue weighted by molar-refractivity contribution is 0.607. The summed E-state index contributed by atoms with van der Waals surface area (Å²) < 4.78 is 25.8. The van der Waals surface area contributed by atoms with Crippen LogP contribution in [0.4, 0.5) is 8.78 Å². The lowest BCUT2D eigenvalue weighted by Crippen LogP contribution is -1.94. The van der Waals surface area contributed by atoms with Crippen LogP contribution >= 0.6 is 11.6 Å². The molecule has 0 heterocycles. The number of rotatable bonds is 2. The number of halogens is 3. The summed E-state index contributed by atoms with van der Waals surface area (Å²) in [5, 5.41) is 0.205. The van der Waals surface area contributed by atoms with Gasteiger partial charge in [0.15, 0.2) is 0 Å². The zero-order chi connectivity index (χ0) is 17.7. The first kappa shape index (κ1) is 19.6. The molecule has 2 rings (SSSR count). The molecular formula is C20H25ClF2. The quantitative estimate of drug-likeness (QED) is 0.544. The van der Waals surface area contributed by atoms with Gasteiger partial charge in [-0.2, -0.15) is 0 Å². The minimum absolute atomic E-state index is 0.0700. The second-order valence-electron chi connectivity index (χ2n) is 6.45. The van der Waals surface area contributed by atoms with Gasteiger partial charge in [0.1, 0.15) is 11.6 Å². The Balaban J connectivity index is 0.000000231. The van der Waals surface area contributed by atoms with Crippen molar-refractivity contribution in [3.63, 3.8) is 0 Å². The van der Waals surface area contributed by atoms with Gasteiger partial charge in [-0.15, -0.1) is 0 Å². The molecule has 126 valence electrons. The third-order valence-corrected chi connectivity index (χ3v) is 4.03. The van der Waals surface area contributed by atoms with Crippen molar-refractivity contribution < 1.29 is 8.78 Å². The Kier molecular flexibility index (Phi) is 7.21. The highest BCUT2D eigenvalue weighted by Crippen LogP contribution is 2.21. The molecule has 0 atom stereocenters. The van der Waals surface area contributed by atoms with E-state index in [2.05, 4.69) is 13.8 Å². The predicted octanol–water partition coefficient (Wildman–Crippen LogP) is 7.17.